The molecule has 60 heavy (non-hydrogen) atoms. The van der Waals surface area contributed by atoms with E-state index in [1.807, 2.05) is 39.0 Å². The van der Waals surface area contributed by atoms with E-state index in [-0.39, 0.29) is 42.2 Å². The van der Waals surface area contributed by atoms with Gasteiger partial charge in [-0.3, -0.25) is 0 Å². The fourth-order valence-electron chi connectivity index (χ4n) is 9.43. The van der Waals surface area contributed by atoms with Crippen molar-refractivity contribution in [3.8, 4) is 22.5 Å². The van der Waals surface area contributed by atoms with Gasteiger partial charge in [-0.2, -0.15) is 0 Å². The molecule has 3 heterocycles. The van der Waals surface area contributed by atoms with E-state index in [0.717, 1.165) is 40.0 Å². The van der Waals surface area contributed by atoms with Crippen LogP contribution in [0.5, 0.6) is 0 Å². The van der Waals surface area contributed by atoms with E-state index in [1.165, 1.54) is 61.0 Å². The molecule has 0 amide bonds. The van der Waals surface area contributed by atoms with E-state index in [1.54, 1.807) is 12.1 Å². The van der Waals surface area contributed by atoms with Crippen LogP contribution in [-0.4, -0.2) is 9.97 Å². The average Bonchev–Trinajstić information content (AvgIpc) is 3.67. The monoisotopic (exact) mass is 977 g/mol. The molecule has 4 heteroatoms. The number of aromatic nitrogens is 2. The van der Waals surface area contributed by atoms with Crippen molar-refractivity contribution in [1.82, 2.24) is 9.97 Å². The zero-order chi connectivity index (χ0) is 49.5. The Morgan fingerprint density at radius 3 is 2.20 bits per heavy atom. The SMILES string of the molecule is [2H]C([2H])([2H])c1c[c-]c(-c2cc(C(C)(C)C)c(C([2H])([2H])[2H])cn2)cc1.[2H]C([2H])([2H])c1cnc(-c2[c-]ccc3c2oc2cc4c(ccc5ccccc54)cc23)cc1C1([2H])CCC2(CCC(C)(C)CC2)CC1.[Ir]. The fraction of sp³-hybridized carbons (Fsp3) is 0.357. The molecular weight excluding hydrogens is 909 g/mol. The first-order valence-electron chi connectivity index (χ1n) is 26.0. The summed E-state index contributed by atoms with van der Waals surface area (Å²) in [5.41, 5.74) is 6.20. The second-order valence-corrected chi connectivity index (χ2v) is 18.8. The Hall–Kier alpha value is -4.63. The Bertz CT molecular complexity index is 3210. The summed E-state index contributed by atoms with van der Waals surface area (Å²) in [7, 11) is 0. The van der Waals surface area contributed by atoms with E-state index >= 15 is 0 Å². The molecule has 0 unspecified atom stereocenters. The minimum Gasteiger partial charge on any atom is -0.501 e. The Labute approximate surface area is 384 Å². The second-order valence-electron chi connectivity index (χ2n) is 18.8. The molecule has 3 nitrogen and oxygen atoms in total. The molecule has 1 spiro atoms. The molecule has 10 rings (SSSR count). The average molecular weight is 977 g/mol. The van der Waals surface area contributed by atoms with Crippen LogP contribution in [0.15, 0.2) is 108 Å². The maximum absolute atomic E-state index is 9.71. The van der Waals surface area contributed by atoms with Crippen LogP contribution in [0, 0.1) is 43.5 Å². The van der Waals surface area contributed by atoms with Crippen molar-refractivity contribution in [3.63, 3.8) is 0 Å². The van der Waals surface area contributed by atoms with Gasteiger partial charge in [-0.25, -0.2) is 0 Å². The van der Waals surface area contributed by atoms with Crippen molar-refractivity contribution in [3.05, 3.63) is 143 Å². The minimum atomic E-state index is -2.35. The van der Waals surface area contributed by atoms with Crippen molar-refractivity contribution in [2.45, 2.75) is 118 Å². The Balaban J connectivity index is 0.000000224. The summed E-state index contributed by atoms with van der Waals surface area (Å²) in [6.07, 6.45) is 11.0. The number of aryl methyl sites for hydroxylation is 3. The normalized spacial score (nSPS) is 20.1. The number of rotatable bonds is 3. The number of hydrogen-bond acceptors (Lipinski definition) is 3. The van der Waals surface area contributed by atoms with Gasteiger partial charge in [-0.1, -0.05) is 101 Å². The fourth-order valence-corrected chi connectivity index (χ4v) is 9.43. The first-order chi connectivity index (χ1) is 32.2. The predicted octanol–water partition coefficient (Wildman–Crippen LogP) is 15.8. The number of benzene rings is 5. The third-order valence-electron chi connectivity index (χ3n) is 13.2. The number of fused-ring (bicyclic) bond motifs is 6. The van der Waals surface area contributed by atoms with Gasteiger partial charge in [0.05, 0.1) is 5.58 Å². The molecule has 2 fully saturated rings. The van der Waals surface area contributed by atoms with E-state index in [0.29, 0.717) is 62.9 Å². The summed E-state index contributed by atoms with van der Waals surface area (Å²) >= 11 is 0. The molecule has 309 valence electrons. The molecule has 0 saturated heterocycles. The minimum absolute atomic E-state index is 0. The summed E-state index contributed by atoms with van der Waals surface area (Å²) < 4.78 is 86.6. The van der Waals surface area contributed by atoms with Gasteiger partial charge in [-0.05, 0) is 155 Å². The van der Waals surface area contributed by atoms with E-state index in [2.05, 4.69) is 84.5 Å². The molecule has 1 radical (unpaired) electrons. The first kappa shape index (κ1) is 31.3. The molecule has 0 bridgehead atoms. The van der Waals surface area contributed by atoms with Crippen LogP contribution in [0.2, 0.25) is 0 Å². The van der Waals surface area contributed by atoms with Gasteiger partial charge < -0.3 is 14.4 Å². The molecule has 0 atom stereocenters. The van der Waals surface area contributed by atoms with Crippen LogP contribution in [-0.2, 0) is 25.5 Å². The van der Waals surface area contributed by atoms with Crippen molar-refractivity contribution in [2.24, 2.45) is 10.8 Å². The smallest absolute Gasteiger partial charge is 0.121 e. The van der Waals surface area contributed by atoms with Crippen LogP contribution in [0.1, 0.15) is 133 Å². The van der Waals surface area contributed by atoms with Crippen molar-refractivity contribution in [1.29, 1.82) is 0 Å². The molecule has 8 aromatic rings. The van der Waals surface area contributed by atoms with Gasteiger partial charge >= 0.3 is 0 Å². The zero-order valence-corrected chi connectivity index (χ0v) is 37.5. The van der Waals surface area contributed by atoms with E-state index in [9.17, 15) is 1.37 Å². The summed E-state index contributed by atoms with van der Waals surface area (Å²) in [6, 6.07) is 35.4. The maximum Gasteiger partial charge on any atom is 0.121 e. The third-order valence-corrected chi connectivity index (χ3v) is 13.2. The standard InChI is InChI=1S/C39H38NO.C17H20N.Ir/c1-25-24-40-35(22-32(25)27-13-15-39(16-14-27)19-17-38(2,3)18-20-39)31-10-6-9-30-34-21-28-12-11-26-7-4-5-8-29(26)33(28)23-36(34)41-37(30)31;1-12-6-8-14(9-7-12)16-10-15(17(3,4)5)13(2)11-18-16;/h4-9,11-12,21-24,27H,13-20H2,1-3H3;6-8,10-11H,1-5H3;/q2*-1;/i1D3,27D;1D3,2D3;. The second kappa shape index (κ2) is 16.3. The largest absolute Gasteiger partial charge is 0.501 e. The number of nitrogens with zero attached hydrogens (tertiary/aromatic N) is 2. The number of furan rings is 1. The van der Waals surface area contributed by atoms with Gasteiger partial charge in [0.25, 0.3) is 0 Å². The van der Waals surface area contributed by atoms with E-state index < -0.39 is 26.4 Å². The van der Waals surface area contributed by atoms with Crippen LogP contribution in [0.4, 0.5) is 0 Å². The van der Waals surface area contributed by atoms with Crippen molar-refractivity contribution in [2.75, 3.05) is 0 Å². The van der Waals surface area contributed by atoms with Crippen molar-refractivity contribution < 1.29 is 38.2 Å². The Morgan fingerprint density at radius 1 is 0.717 bits per heavy atom. The van der Waals surface area contributed by atoms with Gasteiger partial charge in [-0.15, -0.1) is 53.6 Å². The summed E-state index contributed by atoms with van der Waals surface area (Å²) in [5.74, 6) is -0.972. The quantitative estimate of drug-likeness (QED) is 0.131. The van der Waals surface area contributed by atoms with Gasteiger partial charge in [0.15, 0.2) is 0 Å². The van der Waals surface area contributed by atoms with Crippen LogP contribution in [0.3, 0.4) is 0 Å². The van der Waals surface area contributed by atoms with Gasteiger partial charge in [0, 0.05) is 51.6 Å². The molecule has 3 aromatic heterocycles. The predicted molar refractivity (Wildman–Crippen MR) is 248 cm³/mol. The molecule has 0 aliphatic heterocycles. The van der Waals surface area contributed by atoms with Crippen LogP contribution < -0.4 is 0 Å². The third kappa shape index (κ3) is 8.23. The zero-order valence-electron chi connectivity index (χ0n) is 45.1. The van der Waals surface area contributed by atoms with Crippen LogP contribution >= 0.6 is 0 Å². The van der Waals surface area contributed by atoms with Gasteiger partial charge in [0.2, 0.25) is 0 Å². The van der Waals surface area contributed by atoms with Gasteiger partial charge in [0.1, 0.15) is 5.58 Å². The maximum atomic E-state index is 9.71. The Morgan fingerprint density at radius 2 is 1.47 bits per heavy atom. The topological polar surface area (TPSA) is 38.9 Å². The number of pyridine rings is 2. The molecular formula is C56H58IrN2O-2. The molecule has 5 aromatic carbocycles. The number of hydrogen-bond donors (Lipinski definition) is 0. The molecule has 2 aliphatic rings. The summed E-state index contributed by atoms with van der Waals surface area (Å²) in [4.78, 5) is 8.93. The van der Waals surface area contributed by atoms with Crippen LogP contribution in [0.25, 0.3) is 66.0 Å². The van der Waals surface area contributed by atoms with Crippen molar-refractivity contribution >= 4 is 43.5 Å². The molecule has 2 aliphatic carbocycles. The molecule has 0 N–H and O–H groups in total. The summed E-state index contributed by atoms with van der Waals surface area (Å²) in [5, 5.41) is 6.65. The van der Waals surface area contributed by atoms with E-state index in [4.69, 9.17) is 16.8 Å². The summed E-state index contributed by atoms with van der Waals surface area (Å²) in [6.45, 7) is 3.81. The molecule has 2 saturated carbocycles. The Kier molecular flexibility index (Phi) is 8.51. The first-order valence-corrected chi connectivity index (χ1v) is 21.0.